The molecule has 2 aromatic carbocycles. The van der Waals surface area contributed by atoms with Crippen molar-refractivity contribution >= 4 is 21.8 Å². The lowest BCUT2D eigenvalue weighted by Crippen LogP contribution is -2.01. The van der Waals surface area contributed by atoms with Gasteiger partial charge in [-0.1, -0.05) is 30.3 Å². The first kappa shape index (κ1) is 12.1. The molecule has 3 heteroatoms. The van der Waals surface area contributed by atoms with Crippen LogP contribution in [0.4, 0.5) is 0 Å². The van der Waals surface area contributed by atoms with Gasteiger partial charge in [0.05, 0.1) is 5.52 Å². The maximum Gasteiger partial charge on any atom is 0.116 e. The molecule has 4 rings (SSSR count). The van der Waals surface area contributed by atoms with Crippen LogP contribution in [-0.4, -0.2) is 14.5 Å². The summed E-state index contributed by atoms with van der Waals surface area (Å²) in [5.41, 5.74) is 4.79. The quantitative estimate of drug-likeness (QED) is 0.554. The third-order valence-corrected chi connectivity index (χ3v) is 3.96. The molecule has 0 aliphatic carbocycles. The Hall–Kier alpha value is -2.68. The molecule has 21 heavy (non-hydrogen) atoms. The Morgan fingerprint density at radius 2 is 1.86 bits per heavy atom. The number of benzene rings is 2. The molecular weight excluding hydrogens is 258 g/mol. The Labute approximate surface area is 122 Å². The Morgan fingerprint density at radius 3 is 2.71 bits per heavy atom. The number of aromatic nitrogens is 3. The van der Waals surface area contributed by atoms with Crippen LogP contribution in [0, 0.1) is 6.92 Å². The molecule has 0 saturated heterocycles. The summed E-state index contributed by atoms with van der Waals surface area (Å²) in [6.45, 7) is 3.04. The van der Waals surface area contributed by atoms with Crippen molar-refractivity contribution in [3.05, 3.63) is 72.3 Å². The maximum atomic E-state index is 4.33. The van der Waals surface area contributed by atoms with E-state index in [4.69, 9.17) is 0 Å². The molecule has 0 aliphatic rings. The van der Waals surface area contributed by atoms with Crippen molar-refractivity contribution in [3.63, 3.8) is 0 Å². The minimum atomic E-state index is 0.884. The van der Waals surface area contributed by atoms with Crippen molar-refractivity contribution in [1.82, 2.24) is 14.5 Å². The van der Waals surface area contributed by atoms with E-state index in [-0.39, 0.29) is 0 Å². The third-order valence-electron chi connectivity index (χ3n) is 3.96. The molecule has 0 saturated carbocycles. The highest BCUT2D eigenvalue weighted by Gasteiger charge is 2.09. The fraction of sp³-hybridized carbons (Fsp3) is 0.111. The summed E-state index contributed by atoms with van der Waals surface area (Å²) in [6, 6.07) is 17.0. The van der Waals surface area contributed by atoms with Crippen LogP contribution in [0.3, 0.4) is 0 Å². The van der Waals surface area contributed by atoms with Gasteiger partial charge in [-0.25, -0.2) is 9.97 Å². The summed E-state index contributed by atoms with van der Waals surface area (Å²) in [4.78, 5) is 8.50. The number of hydrogen-bond acceptors (Lipinski definition) is 2. The molecule has 0 fully saturated rings. The highest BCUT2D eigenvalue weighted by Crippen LogP contribution is 2.27. The van der Waals surface area contributed by atoms with Crippen molar-refractivity contribution in [3.8, 4) is 0 Å². The SMILES string of the molecule is Cc1cc2c3cncnc3ccc2n1Cc1ccccc1. The second kappa shape index (κ2) is 4.70. The molecule has 0 radical (unpaired) electrons. The molecule has 0 spiro atoms. The van der Waals surface area contributed by atoms with E-state index < -0.39 is 0 Å². The predicted molar refractivity (Wildman–Crippen MR) is 85.3 cm³/mol. The largest absolute Gasteiger partial charge is 0.340 e. The fourth-order valence-corrected chi connectivity index (χ4v) is 2.90. The topological polar surface area (TPSA) is 30.7 Å². The Morgan fingerprint density at radius 1 is 1.00 bits per heavy atom. The smallest absolute Gasteiger partial charge is 0.116 e. The van der Waals surface area contributed by atoms with Crippen molar-refractivity contribution in [2.45, 2.75) is 13.5 Å². The van der Waals surface area contributed by atoms with Crippen LogP contribution >= 0.6 is 0 Å². The van der Waals surface area contributed by atoms with Gasteiger partial charge in [-0.05, 0) is 30.7 Å². The summed E-state index contributed by atoms with van der Waals surface area (Å²) >= 11 is 0. The van der Waals surface area contributed by atoms with Gasteiger partial charge in [-0.2, -0.15) is 0 Å². The first-order valence-electron chi connectivity index (χ1n) is 7.05. The molecule has 0 unspecified atom stereocenters. The van der Waals surface area contributed by atoms with E-state index in [1.54, 1.807) is 6.33 Å². The van der Waals surface area contributed by atoms with E-state index in [1.807, 2.05) is 6.20 Å². The van der Waals surface area contributed by atoms with E-state index in [0.29, 0.717) is 0 Å². The van der Waals surface area contributed by atoms with Crippen LogP contribution < -0.4 is 0 Å². The van der Waals surface area contributed by atoms with Gasteiger partial charge in [-0.3, -0.25) is 0 Å². The molecular formula is C18H15N3. The number of rotatable bonds is 2. The van der Waals surface area contributed by atoms with Crippen LogP contribution in [0.5, 0.6) is 0 Å². The van der Waals surface area contributed by atoms with Gasteiger partial charge in [0, 0.05) is 34.7 Å². The van der Waals surface area contributed by atoms with Gasteiger partial charge < -0.3 is 4.57 Å². The van der Waals surface area contributed by atoms with Crippen LogP contribution in [0.25, 0.3) is 21.8 Å². The average molecular weight is 273 g/mol. The molecule has 2 heterocycles. The average Bonchev–Trinajstić information content (AvgIpc) is 2.85. The highest BCUT2D eigenvalue weighted by molar-refractivity contribution is 6.05. The normalized spacial score (nSPS) is 11.3. The second-order valence-corrected chi connectivity index (χ2v) is 5.31. The van der Waals surface area contributed by atoms with Crippen LogP contribution in [0.2, 0.25) is 0 Å². The zero-order chi connectivity index (χ0) is 14.2. The first-order chi connectivity index (χ1) is 10.3. The molecule has 2 aromatic heterocycles. The van der Waals surface area contributed by atoms with Crippen molar-refractivity contribution in [1.29, 1.82) is 0 Å². The van der Waals surface area contributed by atoms with E-state index in [1.165, 1.54) is 22.2 Å². The van der Waals surface area contributed by atoms with Crippen molar-refractivity contribution in [2.75, 3.05) is 0 Å². The summed E-state index contributed by atoms with van der Waals surface area (Å²) < 4.78 is 2.34. The molecule has 0 atom stereocenters. The van der Waals surface area contributed by atoms with Gasteiger partial charge in [0.25, 0.3) is 0 Å². The standard InChI is InChI=1S/C18H15N3/c1-13-9-15-16-10-19-12-20-17(16)7-8-18(15)21(13)11-14-5-3-2-4-6-14/h2-10,12H,11H2,1H3. The Bertz CT molecular complexity index is 923. The van der Waals surface area contributed by atoms with Gasteiger partial charge in [-0.15, -0.1) is 0 Å². The number of aryl methyl sites for hydroxylation is 1. The maximum absolute atomic E-state index is 4.33. The third kappa shape index (κ3) is 1.98. The minimum absolute atomic E-state index is 0.884. The summed E-state index contributed by atoms with van der Waals surface area (Å²) in [6.07, 6.45) is 3.50. The lowest BCUT2D eigenvalue weighted by molar-refractivity contribution is 0.805. The van der Waals surface area contributed by atoms with Crippen molar-refractivity contribution in [2.24, 2.45) is 0 Å². The molecule has 0 N–H and O–H groups in total. The monoisotopic (exact) mass is 273 g/mol. The molecule has 4 aromatic rings. The lowest BCUT2D eigenvalue weighted by Gasteiger charge is -2.08. The first-order valence-corrected chi connectivity index (χ1v) is 7.05. The Balaban J connectivity index is 1.93. The summed E-state index contributed by atoms with van der Waals surface area (Å²) in [7, 11) is 0. The minimum Gasteiger partial charge on any atom is -0.340 e. The van der Waals surface area contributed by atoms with Crippen LogP contribution in [0.1, 0.15) is 11.3 Å². The molecule has 0 amide bonds. The zero-order valence-corrected chi connectivity index (χ0v) is 11.8. The molecule has 0 aliphatic heterocycles. The Kier molecular flexibility index (Phi) is 2.71. The zero-order valence-electron chi connectivity index (χ0n) is 11.8. The van der Waals surface area contributed by atoms with E-state index in [2.05, 4.69) is 70.0 Å². The highest BCUT2D eigenvalue weighted by atomic mass is 15.0. The molecule has 0 bridgehead atoms. The van der Waals surface area contributed by atoms with Gasteiger partial charge in [0.2, 0.25) is 0 Å². The predicted octanol–water partition coefficient (Wildman–Crippen LogP) is 3.94. The van der Waals surface area contributed by atoms with E-state index >= 15 is 0 Å². The summed E-state index contributed by atoms with van der Waals surface area (Å²) in [5.74, 6) is 0. The number of hydrogen-bond donors (Lipinski definition) is 0. The number of nitrogens with zero attached hydrogens (tertiary/aromatic N) is 3. The number of fused-ring (bicyclic) bond motifs is 3. The second-order valence-electron chi connectivity index (χ2n) is 5.31. The van der Waals surface area contributed by atoms with Gasteiger partial charge in [0.15, 0.2) is 0 Å². The van der Waals surface area contributed by atoms with Gasteiger partial charge >= 0.3 is 0 Å². The van der Waals surface area contributed by atoms with E-state index in [9.17, 15) is 0 Å². The van der Waals surface area contributed by atoms with E-state index in [0.717, 1.165) is 17.4 Å². The van der Waals surface area contributed by atoms with Crippen molar-refractivity contribution < 1.29 is 0 Å². The van der Waals surface area contributed by atoms with Crippen LogP contribution in [-0.2, 0) is 6.54 Å². The molecule has 102 valence electrons. The molecule has 3 nitrogen and oxygen atoms in total. The lowest BCUT2D eigenvalue weighted by atomic mass is 10.1. The van der Waals surface area contributed by atoms with Gasteiger partial charge in [0.1, 0.15) is 6.33 Å². The van der Waals surface area contributed by atoms with Crippen LogP contribution in [0.15, 0.2) is 61.1 Å². The fourth-order valence-electron chi connectivity index (χ4n) is 2.90. The summed E-state index contributed by atoms with van der Waals surface area (Å²) in [5, 5.41) is 2.34.